The predicted molar refractivity (Wildman–Crippen MR) is 70.7 cm³/mol. The lowest BCUT2D eigenvalue weighted by Crippen LogP contribution is -1.84. The molecule has 76 valence electrons. The van der Waals surface area contributed by atoms with Gasteiger partial charge >= 0.3 is 0 Å². The number of rotatable bonds is 2. The smallest absolute Gasteiger partial charge is 0.128 e. The van der Waals surface area contributed by atoms with Crippen LogP contribution in [0, 0.1) is 3.57 Å². The Morgan fingerprint density at radius 2 is 1.67 bits per heavy atom. The number of ether oxygens (including phenoxy) is 1. The van der Waals surface area contributed by atoms with Gasteiger partial charge in [0.25, 0.3) is 0 Å². The quantitative estimate of drug-likeness (QED) is 0.723. The molecule has 0 aliphatic rings. The van der Waals surface area contributed by atoms with Crippen molar-refractivity contribution >= 4 is 34.2 Å². The maximum atomic E-state index is 5.99. The average Bonchev–Trinajstić information content (AvgIpc) is 2.25. The van der Waals surface area contributed by atoms with Crippen molar-refractivity contribution in [3.63, 3.8) is 0 Å². The Hall–Kier alpha value is -0.740. The Labute approximate surface area is 107 Å². The second-order valence-corrected chi connectivity index (χ2v) is 4.56. The van der Waals surface area contributed by atoms with Gasteiger partial charge in [-0.3, -0.25) is 0 Å². The standard InChI is InChI=1S/C12H8ClIO/c13-11-8-10(6-7-12(11)14)15-9-4-2-1-3-5-9/h1-8H. The third kappa shape index (κ3) is 2.86. The van der Waals surface area contributed by atoms with Gasteiger partial charge < -0.3 is 4.74 Å². The van der Waals surface area contributed by atoms with Crippen molar-refractivity contribution in [1.82, 2.24) is 0 Å². The Kier molecular flexibility index (Phi) is 3.49. The minimum absolute atomic E-state index is 0.712. The Morgan fingerprint density at radius 3 is 2.33 bits per heavy atom. The molecule has 0 aliphatic carbocycles. The fourth-order valence-electron chi connectivity index (χ4n) is 1.16. The van der Waals surface area contributed by atoms with E-state index in [1.807, 2.05) is 48.5 Å². The van der Waals surface area contributed by atoms with Crippen molar-refractivity contribution in [3.8, 4) is 11.5 Å². The van der Waals surface area contributed by atoms with Gasteiger partial charge in [-0.2, -0.15) is 0 Å². The van der Waals surface area contributed by atoms with Crippen LogP contribution in [0.3, 0.4) is 0 Å². The monoisotopic (exact) mass is 330 g/mol. The van der Waals surface area contributed by atoms with E-state index in [1.54, 1.807) is 0 Å². The van der Waals surface area contributed by atoms with Gasteiger partial charge in [0.05, 0.1) is 5.02 Å². The van der Waals surface area contributed by atoms with Crippen LogP contribution in [0.1, 0.15) is 0 Å². The highest BCUT2D eigenvalue weighted by atomic mass is 127. The second kappa shape index (κ2) is 4.86. The number of benzene rings is 2. The highest BCUT2D eigenvalue weighted by Crippen LogP contribution is 2.27. The van der Waals surface area contributed by atoms with E-state index in [0.717, 1.165) is 15.1 Å². The molecule has 1 nitrogen and oxygen atoms in total. The molecule has 0 radical (unpaired) electrons. The molecule has 15 heavy (non-hydrogen) atoms. The zero-order valence-electron chi connectivity index (χ0n) is 7.78. The fraction of sp³-hybridized carbons (Fsp3) is 0. The SMILES string of the molecule is Clc1cc(Oc2ccccc2)ccc1I. The third-order valence-corrected chi connectivity index (χ3v) is 3.44. The van der Waals surface area contributed by atoms with Gasteiger partial charge in [-0.1, -0.05) is 29.8 Å². The normalized spacial score (nSPS) is 10.0. The summed E-state index contributed by atoms with van der Waals surface area (Å²) in [5.41, 5.74) is 0. The molecule has 0 aliphatic heterocycles. The summed E-state index contributed by atoms with van der Waals surface area (Å²) in [6.45, 7) is 0. The average molecular weight is 331 g/mol. The van der Waals surface area contributed by atoms with Crippen LogP contribution < -0.4 is 4.74 Å². The maximum Gasteiger partial charge on any atom is 0.128 e. The molecule has 0 aromatic heterocycles. The van der Waals surface area contributed by atoms with Crippen molar-refractivity contribution in [3.05, 3.63) is 57.1 Å². The number of hydrogen-bond donors (Lipinski definition) is 0. The Morgan fingerprint density at radius 1 is 0.933 bits per heavy atom. The number of hydrogen-bond acceptors (Lipinski definition) is 1. The first kappa shape index (κ1) is 10.8. The summed E-state index contributed by atoms with van der Waals surface area (Å²) >= 11 is 8.18. The van der Waals surface area contributed by atoms with Crippen molar-refractivity contribution in [1.29, 1.82) is 0 Å². The van der Waals surface area contributed by atoms with Crippen molar-refractivity contribution in [2.24, 2.45) is 0 Å². The summed E-state index contributed by atoms with van der Waals surface area (Å²) in [4.78, 5) is 0. The summed E-state index contributed by atoms with van der Waals surface area (Å²) < 4.78 is 6.65. The molecule has 2 aromatic carbocycles. The molecule has 0 atom stereocenters. The summed E-state index contributed by atoms with van der Waals surface area (Å²) in [5.74, 6) is 1.57. The first-order valence-corrected chi connectivity index (χ1v) is 5.89. The van der Waals surface area contributed by atoms with Crippen LogP contribution in [-0.4, -0.2) is 0 Å². The summed E-state index contributed by atoms with van der Waals surface area (Å²) in [6, 6.07) is 15.3. The molecule has 0 fully saturated rings. The van der Waals surface area contributed by atoms with E-state index < -0.39 is 0 Å². The van der Waals surface area contributed by atoms with E-state index in [-0.39, 0.29) is 0 Å². The van der Waals surface area contributed by atoms with E-state index in [4.69, 9.17) is 16.3 Å². The molecule has 0 bridgehead atoms. The lowest BCUT2D eigenvalue weighted by Gasteiger charge is -2.06. The van der Waals surface area contributed by atoms with E-state index in [9.17, 15) is 0 Å². The van der Waals surface area contributed by atoms with Gasteiger partial charge in [0.15, 0.2) is 0 Å². The lowest BCUT2D eigenvalue weighted by molar-refractivity contribution is 0.482. The summed E-state index contributed by atoms with van der Waals surface area (Å²) in [7, 11) is 0. The molecule has 0 N–H and O–H groups in total. The van der Waals surface area contributed by atoms with Crippen LogP contribution in [0.4, 0.5) is 0 Å². The molecule has 2 aromatic rings. The first-order valence-electron chi connectivity index (χ1n) is 4.43. The van der Waals surface area contributed by atoms with E-state index in [0.29, 0.717) is 5.02 Å². The second-order valence-electron chi connectivity index (χ2n) is 2.99. The van der Waals surface area contributed by atoms with Gasteiger partial charge in [0, 0.05) is 9.64 Å². The van der Waals surface area contributed by atoms with Crippen LogP contribution in [-0.2, 0) is 0 Å². The van der Waals surface area contributed by atoms with Crippen LogP contribution in [0.25, 0.3) is 0 Å². The summed E-state index contributed by atoms with van der Waals surface area (Å²) in [6.07, 6.45) is 0. The molecular weight excluding hydrogens is 322 g/mol. The maximum absolute atomic E-state index is 5.99. The molecule has 0 unspecified atom stereocenters. The minimum atomic E-state index is 0.712. The zero-order chi connectivity index (χ0) is 10.7. The molecule has 0 spiro atoms. The molecule has 0 saturated heterocycles. The van der Waals surface area contributed by atoms with Gasteiger partial charge in [-0.05, 0) is 46.9 Å². The van der Waals surface area contributed by atoms with Crippen molar-refractivity contribution in [2.45, 2.75) is 0 Å². The van der Waals surface area contributed by atoms with Crippen LogP contribution in [0.2, 0.25) is 5.02 Å². The Balaban J connectivity index is 2.22. The first-order chi connectivity index (χ1) is 7.25. The van der Waals surface area contributed by atoms with Gasteiger partial charge in [0.2, 0.25) is 0 Å². The zero-order valence-corrected chi connectivity index (χ0v) is 10.7. The molecule has 0 saturated carbocycles. The van der Waals surface area contributed by atoms with Gasteiger partial charge in [-0.15, -0.1) is 0 Å². The predicted octanol–water partition coefficient (Wildman–Crippen LogP) is 4.74. The summed E-state index contributed by atoms with van der Waals surface area (Å²) in [5, 5.41) is 0.712. The van der Waals surface area contributed by atoms with Crippen molar-refractivity contribution < 1.29 is 4.74 Å². The van der Waals surface area contributed by atoms with Crippen LogP contribution in [0.5, 0.6) is 11.5 Å². The fourth-order valence-corrected chi connectivity index (χ4v) is 1.67. The number of halogens is 2. The van der Waals surface area contributed by atoms with Gasteiger partial charge in [0.1, 0.15) is 11.5 Å². The van der Waals surface area contributed by atoms with Crippen LogP contribution >= 0.6 is 34.2 Å². The van der Waals surface area contributed by atoms with E-state index in [2.05, 4.69) is 22.6 Å². The van der Waals surface area contributed by atoms with Crippen LogP contribution in [0.15, 0.2) is 48.5 Å². The minimum Gasteiger partial charge on any atom is -0.457 e. The third-order valence-electron chi connectivity index (χ3n) is 1.87. The lowest BCUT2D eigenvalue weighted by atomic mass is 10.3. The Bertz CT molecular complexity index is 456. The van der Waals surface area contributed by atoms with Crippen molar-refractivity contribution in [2.75, 3.05) is 0 Å². The largest absolute Gasteiger partial charge is 0.457 e. The molecule has 0 amide bonds. The highest BCUT2D eigenvalue weighted by molar-refractivity contribution is 14.1. The van der Waals surface area contributed by atoms with Gasteiger partial charge in [-0.25, -0.2) is 0 Å². The molecule has 3 heteroatoms. The molecule has 0 heterocycles. The number of para-hydroxylation sites is 1. The topological polar surface area (TPSA) is 9.23 Å². The highest BCUT2D eigenvalue weighted by Gasteiger charge is 2.00. The van der Waals surface area contributed by atoms with E-state index >= 15 is 0 Å². The molecular formula is C12H8ClIO. The van der Waals surface area contributed by atoms with E-state index in [1.165, 1.54) is 0 Å². The molecule has 2 rings (SSSR count).